The standard InChI is InChI=1S/C24H23N5O2/c30-24(31-17-19-7-2-1-3-8-19)25-16-6-9-18-12-14-20(15-13-18)21-10-4-5-11-22(21)23-26-28-29-27-23/h1-5,7-8,10-15H,6,9,16-17H2,(H,25,30)(H,26,27,28,29). The molecular formula is C24H23N5O2. The maximum absolute atomic E-state index is 11.8. The third-order valence-electron chi connectivity index (χ3n) is 4.92. The van der Waals surface area contributed by atoms with Crippen LogP contribution in [0.25, 0.3) is 22.5 Å². The fourth-order valence-electron chi connectivity index (χ4n) is 3.32. The van der Waals surface area contributed by atoms with Gasteiger partial charge in [-0.3, -0.25) is 0 Å². The van der Waals surface area contributed by atoms with E-state index in [1.165, 1.54) is 5.56 Å². The van der Waals surface area contributed by atoms with Crippen LogP contribution in [0.1, 0.15) is 17.5 Å². The molecule has 2 N–H and O–H groups in total. The summed E-state index contributed by atoms with van der Waals surface area (Å²) < 4.78 is 5.22. The lowest BCUT2D eigenvalue weighted by molar-refractivity contribution is 0.139. The van der Waals surface area contributed by atoms with Crippen molar-refractivity contribution in [1.82, 2.24) is 25.9 Å². The number of ether oxygens (including phenoxy) is 1. The minimum Gasteiger partial charge on any atom is -0.445 e. The lowest BCUT2D eigenvalue weighted by Gasteiger charge is -2.09. The van der Waals surface area contributed by atoms with Gasteiger partial charge in [0.2, 0.25) is 0 Å². The molecule has 3 aromatic carbocycles. The minimum atomic E-state index is -0.391. The Hall–Kier alpha value is -4.00. The van der Waals surface area contributed by atoms with Crippen LogP contribution in [0.5, 0.6) is 0 Å². The summed E-state index contributed by atoms with van der Waals surface area (Å²) in [6.45, 7) is 0.844. The zero-order valence-electron chi connectivity index (χ0n) is 17.0. The molecule has 4 rings (SSSR count). The summed E-state index contributed by atoms with van der Waals surface area (Å²) in [5.74, 6) is 0.643. The number of carbonyl (C=O) groups is 1. The molecule has 0 aliphatic rings. The molecule has 0 radical (unpaired) electrons. The van der Waals surface area contributed by atoms with Gasteiger partial charge in [0.25, 0.3) is 0 Å². The minimum absolute atomic E-state index is 0.278. The molecule has 0 unspecified atom stereocenters. The molecule has 0 bridgehead atoms. The number of alkyl carbamates (subject to hydrolysis) is 1. The van der Waals surface area contributed by atoms with Crippen molar-refractivity contribution in [2.75, 3.05) is 6.54 Å². The van der Waals surface area contributed by atoms with E-state index >= 15 is 0 Å². The van der Waals surface area contributed by atoms with Crippen LogP contribution in [0, 0.1) is 0 Å². The van der Waals surface area contributed by atoms with Gasteiger partial charge < -0.3 is 10.1 Å². The van der Waals surface area contributed by atoms with Gasteiger partial charge in [0, 0.05) is 12.1 Å². The molecule has 0 atom stereocenters. The molecule has 7 nitrogen and oxygen atoms in total. The van der Waals surface area contributed by atoms with Crippen LogP contribution < -0.4 is 5.32 Å². The monoisotopic (exact) mass is 413 g/mol. The third-order valence-corrected chi connectivity index (χ3v) is 4.92. The Bertz CT molecular complexity index is 1100. The summed E-state index contributed by atoms with van der Waals surface area (Å²) in [5, 5.41) is 17.0. The van der Waals surface area contributed by atoms with E-state index in [4.69, 9.17) is 4.74 Å². The molecule has 0 aliphatic heterocycles. The van der Waals surface area contributed by atoms with Gasteiger partial charge in [0.05, 0.1) is 0 Å². The zero-order chi connectivity index (χ0) is 21.3. The largest absolute Gasteiger partial charge is 0.445 e. The number of hydrogen-bond acceptors (Lipinski definition) is 5. The Morgan fingerprint density at radius 3 is 2.35 bits per heavy atom. The second-order valence-corrected chi connectivity index (χ2v) is 7.08. The number of aromatic amines is 1. The Labute approximate surface area is 180 Å². The lowest BCUT2D eigenvalue weighted by Crippen LogP contribution is -2.25. The highest BCUT2D eigenvalue weighted by Gasteiger charge is 2.10. The SMILES string of the molecule is O=C(NCCCc1ccc(-c2ccccc2-c2nnn[nH]2)cc1)OCc1ccccc1. The molecule has 7 heteroatoms. The van der Waals surface area contributed by atoms with Crippen molar-refractivity contribution in [3.05, 3.63) is 90.0 Å². The van der Waals surface area contributed by atoms with Gasteiger partial charge in [-0.05, 0) is 45.5 Å². The number of rotatable bonds is 8. The van der Waals surface area contributed by atoms with Crippen molar-refractivity contribution in [3.8, 4) is 22.5 Å². The van der Waals surface area contributed by atoms with Gasteiger partial charge in [-0.1, -0.05) is 78.9 Å². The summed E-state index contributed by atoms with van der Waals surface area (Å²) in [4.78, 5) is 11.8. The molecule has 31 heavy (non-hydrogen) atoms. The number of hydrogen-bond donors (Lipinski definition) is 2. The zero-order valence-corrected chi connectivity index (χ0v) is 17.0. The first-order chi connectivity index (χ1) is 15.3. The highest BCUT2D eigenvalue weighted by molar-refractivity contribution is 5.80. The number of benzene rings is 3. The Kier molecular flexibility index (Phi) is 6.64. The highest BCUT2D eigenvalue weighted by Crippen LogP contribution is 2.29. The number of tetrazole rings is 1. The van der Waals surface area contributed by atoms with Crippen molar-refractivity contribution < 1.29 is 9.53 Å². The topological polar surface area (TPSA) is 92.8 Å². The van der Waals surface area contributed by atoms with Gasteiger partial charge in [-0.2, -0.15) is 0 Å². The predicted molar refractivity (Wildman–Crippen MR) is 118 cm³/mol. The summed E-state index contributed by atoms with van der Waals surface area (Å²) in [6, 6.07) is 26.1. The first-order valence-electron chi connectivity index (χ1n) is 10.2. The van der Waals surface area contributed by atoms with Gasteiger partial charge in [0.1, 0.15) is 6.61 Å². The Balaban J connectivity index is 1.26. The van der Waals surface area contributed by atoms with E-state index in [1.807, 2.05) is 48.5 Å². The Morgan fingerprint density at radius 2 is 1.61 bits per heavy atom. The molecule has 4 aromatic rings. The smallest absolute Gasteiger partial charge is 0.407 e. The predicted octanol–water partition coefficient (Wildman–Crippen LogP) is 4.39. The molecule has 1 amide bonds. The maximum atomic E-state index is 11.8. The van der Waals surface area contributed by atoms with Crippen molar-refractivity contribution in [1.29, 1.82) is 0 Å². The van der Waals surface area contributed by atoms with E-state index in [0.29, 0.717) is 12.4 Å². The second kappa shape index (κ2) is 10.2. The number of aromatic nitrogens is 4. The first kappa shape index (κ1) is 20.3. The lowest BCUT2D eigenvalue weighted by atomic mass is 9.97. The van der Waals surface area contributed by atoms with Crippen LogP contribution in [0.4, 0.5) is 4.79 Å². The Morgan fingerprint density at radius 1 is 0.871 bits per heavy atom. The molecule has 0 saturated heterocycles. The molecular weight excluding hydrogens is 390 g/mol. The van der Waals surface area contributed by atoms with E-state index in [1.54, 1.807) is 0 Å². The van der Waals surface area contributed by atoms with Gasteiger partial charge in [-0.15, -0.1) is 5.10 Å². The molecule has 0 spiro atoms. The van der Waals surface area contributed by atoms with Gasteiger partial charge in [0.15, 0.2) is 5.82 Å². The summed E-state index contributed by atoms with van der Waals surface area (Å²) in [7, 11) is 0. The van der Waals surface area contributed by atoms with Gasteiger partial charge in [-0.25, -0.2) is 9.89 Å². The first-order valence-corrected chi connectivity index (χ1v) is 10.2. The molecule has 0 fully saturated rings. The van der Waals surface area contributed by atoms with Crippen molar-refractivity contribution in [2.24, 2.45) is 0 Å². The molecule has 0 aliphatic carbocycles. The fourth-order valence-corrected chi connectivity index (χ4v) is 3.32. The number of carbonyl (C=O) groups excluding carboxylic acids is 1. The van der Waals surface area contributed by atoms with E-state index in [9.17, 15) is 4.79 Å². The number of nitrogens with one attached hydrogen (secondary N) is 2. The average molecular weight is 413 g/mol. The van der Waals surface area contributed by atoms with Crippen LogP contribution in [-0.4, -0.2) is 33.3 Å². The molecule has 156 valence electrons. The normalized spacial score (nSPS) is 10.6. The molecule has 1 aromatic heterocycles. The van der Waals surface area contributed by atoms with Crippen LogP contribution >= 0.6 is 0 Å². The van der Waals surface area contributed by atoms with Crippen LogP contribution in [-0.2, 0) is 17.8 Å². The van der Waals surface area contributed by atoms with Crippen LogP contribution in [0.15, 0.2) is 78.9 Å². The van der Waals surface area contributed by atoms with Crippen LogP contribution in [0.3, 0.4) is 0 Å². The molecule has 1 heterocycles. The van der Waals surface area contributed by atoms with Gasteiger partial charge >= 0.3 is 6.09 Å². The number of amides is 1. The number of nitrogens with zero attached hydrogens (tertiary/aromatic N) is 3. The average Bonchev–Trinajstić information content (AvgIpc) is 3.37. The summed E-state index contributed by atoms with van der Waals surface area (Å²) >= 11 is 0. The summed E-state index contributed by atoms with van der Waals surface area (Å²) in [5.41, 5.74) is 5.30. The third kappa shape index (κ3) is 5.54. The highest BCUT2D eigenvalue weighted by atomic mass is 16.5. The van der Waals surface area contributed by atoms with Crippen molar-refractivity contribution >= 4 is 6.09 Å². The fraction of sp³-hybridized carbons (Fsp3) is 0.167. The van der Waals surface area contributed by atoms with E-state index in [-0.39, 0.29) is 6.61 Å². The quantitative estimate of drug-likeness (QED) is 0.418. The summed E-state index contributed by atoms with van der Waals surface area (Å²) in [6.07, 6.45) is 1.31. The number of aryl methyl sites for hydroxylation is 1. The van der Waals surface area contributed by atoms with E-state index in [0.717, 1.165) is 35.1 Å². The van der Waals surface area contributed by atoms with Crippen molar-refractivity contribution in [2.45, 2.75) is 19.4 Å². The van der Waals surface area contributed by atoms with Crippen molar-refractivity contribution in [3.63, 3.8) is 0 Å². The second-order valence-electron chi connectivity index (χ2n) is 7.08. The van der Waals surface area contributed by atoms with E-state index < -0.39 is 6.09 Å². The van der Waals surface area contributed by atoms with E-state index in [2.05, 4.69) is 56.3 Å². The number of H-pyrrole nitrogens is 1. The van der Waals surface area contributed by atoms with Crippen LogP contribution in [0.2, 0.25) is 0 Å². The maximum Gasteiger partial charge on any atom is 0.407 e. The molecule has 0 saturated carbocycles.